The van der Waals surface area contributed by atoms with Crippen molar-refractivity contribution >= 4 is 0 Å². The van der Waals surface area contributed by atoms with E-state index in [1.807, 2.05) is 11.5 Å². The minimum Gasteiger partial charge on any atom is -0.313 e. The molecule has 0 aliphatic rings. The summed E-state index contributed by atoms with van der Waals surface area (Å²) in [6.45, 7) is 7.03. The first kappa shape index (κ1) is 11.8. The van der Waals surface area contributed by atoms with Crippen LogP contribution in [0.25, 0.3) is 11.4 Å². The predicted octanol–water partition coefficient (Wildman–Crippen LogP) is 3.05. The lowest BCUT2D eigenvalue weighted by molar-refractivity contribution is 0.525. The third-order valence-corrected chi connectivity index (χ3v) is 2.62. The van der Waals surface area contributed by atoms with Crippen molar-refractivity contribution in [3.8, 4) is 11.4 Å². The van der Waals surface area contributed by atoms with Crippen molar-refractivity contribution in [3.63, 3.8) is 0 Å². The lowest BCUT2D eigenvalue weighted by Gasteiger charge is -2.10. The average Bonchev–Trinajstić information content (AvgIpc) is 2.69. The molecule has 0 spiro atoms. The Labute approximate surface area is 100 Å². The van der Waals surface area contributed by atoms with E-state index < -0.39 is 0 Å². The molecule has 0 fully saturated rings. The molecule has 3 nitrogen and oxygen atoms in total. The topological polar surface area (TPSA) is 30.7 Å². The second-order valence-electron chi connectivity index (χ2n) is 4.66. The van der Waals surface area contributed by atoms with Gasteiger partial charge < -0.3 is 4.57 Å². The van der Waals surface area contributed by atoms with E-state index >= 15 is 0 Å². The highest BCUT2D eigenvalue weighted by atomic mass is 19.1. The highest BCUT2D eigenvalue weighted by molar-refractivity contribution is 5.59. The van der Waals surface area contributed by atoms with Crippen molar-refractivity contribution < 1.29 is 4.39 Å². The van der Waals surface area contributed by atoms with Crippen LogP contribution in [-0.4, -0.2) is 14.8 Å². The van der Waals surface area contributed by atoms with E-state index in [9.17, 15) is 4.39 Å². The van der Waals surface area contributed by atoms with Crippen molar-refractivity contribution in [1.29, 1.82) is 0 Å². The number of hydrogen-bond donors (Lipinski definition) is 0. The van der Waals surface area contributed by atoms with Crippen molar-refractivity contribution in [2.24, 2.45) is 5.92 Å². The number of hydrogen-bond acceptors (Lipinski definition) is 2. The highest BCUT2D eigenvalue weighted by Gasteiger charge is 2.11. The van der Waals surface area contributed by atoms with Gasteiger partial charge in [-0.3, -0.25) is 0 Å². The molecule has 1 heterocycles. The van der Waals surface area contributed by atoms with Crippen LogP contribution in [0.3, 0.4) is 0 Å². The van der Waals surface area contributed by atoms with Gasteiger partial charge in [0.2, 0.25) is 0 Å². The summed E-state index contributed by atoms with van der Waals surface area (Å²) in [4.78, 5) is 0. The normalized spacial score (nSPS) is 11.1. The Hall–Kier alpha value is -1.71. The van der Waals surface area contributed by atoms with E-state index in [4.69, 9.17) is 0 Å². The third-order valence-electron chi connectivity index (χ3n) is 2.62. The van der Waals surface area contributed by atoms with Gasteiger partial charge in [0, 0.05) is 12.1 Å². The van der Waals surface area contributed by atoms with E-state index in [0.717, 1.165) is 23.5 Å². The van der Waals surface area contributed by atoms with Crippen molar-refractivity contribution in [1.82, 2.24) is 14.8 Å². The molecule has 0 radical (unpaired) electrons. The molecule has 0 saturated heterocycles. The van der Waals surface area contributed by atoms with Crippen LogP contribution < -0.4 is 0 Å². The summed E-state index contributed by atoms with van der Waals surface area (Å²) in [5, 5.41) is 8.00. The van der Waals surface area contributed by atoms with Crippen molar-refractivity contribution in [2.75, 3.05) is 0 Å². The molecule has 0 N–H and O–H groups in total. The monoisotopic (exact) mass is 233 g/mol. The molecule has 0 aliphatic carbocycles. The molecule has 1 aromatic heterocycles. The number of benzene rings is 1. The lowest BCUT2D eigenvalue weighted by Crippen LogP contribution is -2.05. The lowest BCUT2D eigenvalue weighted by atomic mass is 10.1. The first-order valence-electron chi connectivity index (χ1n) is 5.72. The van der Waals surface area contributed by atoms with Gasteiger partial charge in [0.05, 0.1) is 0 Å². The fourth-order valence-corrected chi connectivity index (χ4v) is 1.83. The van der Waals surface area contributed by atoms with Crippen LogP contribution >= 0.6 is 0 Å². The minimum atomic E-state index is -0.246. The van der Waals surface area contributed by atoms with Gasteiger partial charge in [-0.05, 0) is 30.5 Å². The molecular formula is C13H16FN3. The zero-order valence-corrected chi connectivity index (χ0v) is 10.3. The number of aryl methyl sites for hydroxylation is 1. The molecule has 2 aromatic rings. The van der Waals surface area contributed by atoms with Gasteiger partial charge in [-0.1, -0.05) is 19.9 Å². The first-order chi connectivity index (χ1) is 8.08. The zero-order chi connectivity index (χ0) is 12.4. The SMILES string of the molecule is Cc1ccc(F)cc1-c1nncn1CC(C)C. The molecule has 0 bridgehead atoms. The van der Waals surface area contributed by atoms with Gasteiger partial charge >= 0.3 is 0 Å². The van der Waals surface area contributed by atoms with Gasteiger partial charge in [-0.25, -0.2) is 4.39 Å². The number of aromatic nitrogens is 3. The molecule has 0 saturated carbocycles. The Balaban J connectivity index is 2.45. The molecular weight excluding hydrogens is 217 g/mol. The molecule has 0 amide bonds. The molecule has 0 unspecified atom stereocenters. The Bertz CT molecular complexity index is 517. The van der Waals surface area contributed by atoms with E-state index in [2.05, 4.69) is 24.0 Å². The smallest absolute Gasteiger partial charge is 0.164 e. The summed E-state index contributed by atoms with van der Waals surface area (Å²) in [5.41, 5.74) is 1.81. The predicted molar refractivity (Wildman–Crippen MR) is 65.0 cm³/mol. The van der Waals surface area contributed by atoms with Crippen LogP contribution in [0.2, 0.25) is 0 Å². The average molecular weight is 233 g/mol. The van der Waals surface area contributed by atoms with Crippen LogP contribution in [0.4, 0.5) is 4.39 Å². The summed E-state index contributed by atoms with van der Waals surface area (Å²) in [5.74, 6) is 0.985. The van der Waals surface area contributed by atoms with Gasteiger partial charge in [0.25, 0.3) is 0 Å². The molecule has 0 aliphatic heterocycles. The Kier molecular flexibility index (Phi) is 3.22. The van der Waals surface area contributed by atoms with E-state index in [1.165, 1.54) is 12.1 Å². The number of rotatable bonds is 3. The molecule has 0 atom stereocenters. The largest absolute Gasteiger partial charge is 0.313 e. The fraction of sp³-hybridized carbons (Fsp3) is 0.385. The molecule has 17 heavy (non-hydrogen) atoms. The summed E-state index contributed by atoms with van der Waals surface area (Å²) in [6, 6.07) is 4.73. The van der Waals surface area contributed by atoms with Crippen LogP contribution in [0.1, 0.15) is 19.4 Å². The van der Waals surface area contributed by atoms with Gasteiger partial charge in [-0.15, -0.1) is 10.2 Å². The Morgan fingerprint density at radius 3 is 2.82 bits per heavy atom. The summed E-state index contributed by atoms with van der Waals surface area (Å²) < 4.78 is 15.2. The van der Waals surface area contributed by atoms with Crippen molar-refractivity contribution in [3.05, 3.63) is 35.9 Å². The van der Waals surface area contributed by atoms with Crippen LogP contribution in [-0.2, 0) is 6.54 Å². The summed E-state index contributed by atoms with van der Waals surface area (Å²) >= 11 is 0. The van der Waals surface area contributed by atoms with Crippen molar-refractivity contribution in [2.45, 2.75) is 27.3 Å². The van der Waals surface area contributed by atoms with Gasteiger partial charge in [0.1, 0.15) is 12.1 Å². The molecule has 1 aromatic carbocycles. The second-order valence-corrected chi connectivity index (χ2v) is 4.66. The van der Waals surface area contributed by atoms with Gasteiger partial charge in [-0.2, -0.15) is 0 Å². The molecule has 90 valence electrons. The summed E-state index contributed by atoms with van der Waals surface area (Å²) in [6.07, 6.45) is 1.69. The number of halogens is 1. The fourth-order valence-electron chi connectivity index (χ4n) is 1.83. The third kappa shape index (κ3) is 2.52. The summed E-state index contributed by atoms with van der Waals surface area (Å²) in [7, 11) is 0. The maximum Gasteiger partial charge on any atom is 0.164 e. The number of nitrogens with zero attached hydrogens (tertiary/aromatic N) is 3. The first-order valence-corrected chi connectivity index (χ1v) is 5.72. The Morgan fingerprint density at radius 2 is 2.12 bits per heavy atom. The maximum absolute atomic E-state index is 13.3. The quantitative estimate of drug-likeness (QED) is 0.815. The zero-order valence-electron chi connectivity index (χ0n) is 10.3. The van der Waals surface area contributed by atoms with E-state index in [-0.39, 0.29) is 5.82 Å². The van der Waals surface area contributed by atoms with Gasteiger partial charge in [0.15, 0.2) is 5.82 Å². The standard InChI is InChI=1S/C13H16FN3/c1-9(2)7-17-8-15-16-13(17)12-6-11(14)5-4-10(12)3/h4-6,8-9H,7H2,1-3H3. The maximum atomic E-state index is 13.3. The van der Waals surface area contributed by atoms with E-state index in [1.54, 1.807) is 12.4 Å². The molecule has 4 heteroatoms. The molecule has 2 rings (SSSR count). The highest BCUT2D eigenvalue weighted by Crippen LogP contribution is 2.22. The van der Waals surface area contributed by atoms with Crippen LogP contribution in [0.15, 0.2) is 24.5 Å². The minimum absolute atomic E-state index is 0.246. The van der Waals surface area contributed by atoms with Crippen LogP contribution in [0, 0.1) is 18.7 Å². The van der Waals surface area contributed by atoms with E-state index in [0.29, 0.717) is 5.92 Å². The second kappa shape index (κ2) is 4.65. The van der Waals surface area contributed by atoms with Crippen LogP contribution in [0.5, 0.6) is 0 Å². The Morgan fingerprint density at radius 1 is 1.35 bits per heavy atom.